The molecule has 1 aromatic rings. The molecule has 19 heavy (non-hydrogen) atoms. The lowest BCUT2D eigenvalue weighted by Crippen LogP contribution is -2.51. The molecular formula is C13H20N4O2. The predicted molar refractivity (Wildman–Crippen MR) is 72.6 cm³/mol. The first kappa shape index (κ1) is 13.8. The van der Waals surface area contributed by atoms with Crippen molar-refractivity contribution in [1.82, 2.24) is 9.88 Å². The molecule has 1 saturated heterocycles. The van der Waals surface area contributed by atoms with Gasteiger partial charge >= 0.3 is 0 Å². The molecule has 3 N–H and O–H groups in total. The van der Waals surface area contributed by atoms with Gasteiger partial charge in [0.2, 0.25) is 5.91 Å². The van der Waals surface area contributed by atoms with Crippen molar-refractivity contribution in [3.05, 3.63) is 23.9 Å². The molecule has 1 unspecified atom stereocenters. The number of anilines is 1. The maximum absolute atomic E-state index is 11.4. The van der Waals surface area contributed by atoms with Crippen molar-refractivity contribution in [1.29, 1.82) is 0 Å². The Hall–Kier alpha value is -1.66. The number of carbonyl (C=O) groups excluding carboxylic acids is 1. The first-order valence-corrected chi connectivity index (χ1v) is 6.50. The molecule has 2 rings (SSSR count). The number of hydrogen-bond acceptors (Lipinski definition) is 5. The standard InChI is InChI=1S/C13H20N4O2/c1-2-15-12-7-10(3-4-16-12)8-17-5-6-19-9-11(17)13(14)18/h3-4,7,11H,2,5-6,8-9H2,1H3,(H2,14,18)(H,15,16). The highest BCUT2D eigenvalue weighted by Gasteiger charge is 2.27. The van der Waals surface area contributed by atoms with Crippen LogP contribution in [0.15, 0.2) is 18.3 Å². The summed E-state index contributed by atoms with van der Waals surface area (Å²) in [6, 6.07) is 3.61. The van der Waals surface area contributed by atoms with Crippen LogP contribution in [0, 0.1) is 0 Å². The van der Waals surface area contributed by atoms with Crippen LogP contribution in [0.4, 0.5) is 5.82 Å². The van der Waals surface area contributed by atoms with Crippen molar-refractivity contribution in [3.63, 3.8) is 0 Å². The van der Waals surface area contributed by atoms with Gasteiger partial charge in [-0.2, -0.15) is 0 Å². The topological polar surface area (TPSA) is 80.5 Å². The van der Waals surface area contributed by atoms with Crippen molar-refractivity contribution in [2.75, 3.05) is 31.6 Å². The number of pyridine rings is 1. The van der Waals surface area contributed by atoms with Crippen LogP contribution >= 0.6 is 0 Å². The van der Waals surface area contributed by atoms with Crippen LogP contribution in [0.3, 0.4) is 0 Å². The van der Waals surface area contributed by atoms with Gasteiger partial charge < -0.3 is 15.8 Å². The van der Waals surface area contributed by atoms with E-state index in [0.717, 1.165) is 17.9 Å². The molecule has 0 saturated carbocycles. The Labute approximate surface area is 112 Å². The molecule has 2 heterocycles. The number of nitrogens with zero attached hydrogens (tertiary/aromatic N) is 2. The molecule has 1 aliphatic heterocycles. The second kappa shape index (κ2) is 6.49. The number of amides is 1. The molecule has 0 radical (unpaired) electrons. The average molecular weight is 264 g/mol. The summed E-state index contributed by atoms with van der Waals surface area (Å²) in [5, 5.41) is 3.17. The van der Waals surface area contributed by atoms with E-state index in [1.807, 2.05) is 19.1 Å². The minimum absolute atomic E-state index is 0.333. The number of nitrogens with one attached hydrogen (secondary N) is 1. The molecule has 1 aromatic heterocycles. The number of rotatable bonds is 5. The summed E-state index contributed by atoms with van der Waals surface area (Å²) in [7, 11) is 0. The monoisotopic (exact) mass is 264 g/mol. The highest BCUT2D eigenvalue weighted by atomic mass is 16.5. The lowest BCUT2D eigenvalue weighted by Gasteiger charge is -2.33. The van der Waals surface area contributed by atoms with E-state index in [2.05, 4.69) is 15.2 Å². The van der Waals surface area contributed by atoms with Crippen LogP contribution in [-0.2, 0) is 16.1 Å². The number of morpholine rings is 1. The van der Waals surface area contributed by atoms with Gasteiger partial charge in [-0.15, -0.1) is 0 Å². The zero-order valence-electron chi connectivity index (χ0n) is 11.1. The Bertz CT molecular complexity index is 438. The Morgan fingerprint density at radius 3 is 3.26 bits per heavy atom. The van der Waals surface area contributed by atoms with Crippen LogP contribution in [0.5, 0.6) is 0 Å². The summed E-state index contributed by atoms with van der Waals surface area (Å²) in [6.45, 7) is 5.26. The summed E-state index contributed by atoms with van der Waals surface area (Å²) in [6.07, 6.45) is 1.77. The third-order valence-electron chi connectivity index (χ3n) is 3.14. The molecule has 6 heteroatoms. The maximum atomic E-state index is 11.4. The number of nitrogens with two attached hydrogens (primary N) is 1. The van der Waals surface area contributed by atoms with E-state index in [-0.39, 0.29) is 11.9 Å². The van der Waals surface area contributed by atoms with Gasteiger partial charge in [0.25, 0.3) is 0 Å². The number of primary amides is 1. The van der Waals surface area contributed by atoms with E-state index in [1.54, 1.807) is 6.20 Å². The summed E-state index contributed by atoms with van der Waals surface area (Å²) in [5.41, 5.74) is 6.51. The third kappa shape index (κ3) is 3.65. The minimum Gasteiger partial charge on any atom is -0.378 e. The molecule has 0 spiro atoms. The molecule has 1 aliphatic rings. The van der Waals surface area contributed by atoms with E-state index in [4.69, 9.17) is 10.5 Å². The summed E-state index contributed by atoms with van der Waals surface area (Å²) < 4.78 is 5.31. The average Bonchev–Trinajstić information content (AvgIpc) is 2.40. The minimum atomic E-state index is -0.343. The van der Waals surface area contributed by atoms with Crippen LogP contribution < -0.4 is 11.1 Å². The highest BCUT2D eigenvalue weighted by Crippen LogP contribution is 2.14. The van der Waals surface area contributed by atoms with Crippen molar-refractivity contribution in [2.45, 2.75) is 19.5 Å². The van der Waals surface area contributed by atoms with Crippen LogP contribution in [0.1, 0.15) is 12.5 Å². The Kier molecular flexibility index (Phi) is 4.70. The number of aromatic nitrogens is 1. The molecule has 0 aliphatic carbocycles. The van der Waals surface area contributed by atoms with Crippen LogP contribution in [0.25, 0.3) is 0 Å². The smallest absolute Gasteiger partial charge is 0.237 e. The van der Waals surface area contributed by atoms with Gasteiger partial charge in [0.1, 0.15) is 11.9 Å². The molecule has 0 bridgehead atoms. The van der Waals surface area contributed by atoms with Crippen molar-refractivity contribution in [3.8, 4) is 0 Å². The van der Waals surface area contributed by atoms with Crippen molar-refractivity contribution < 1.29 is 9.53 Å². The van der Waals surface area contributed by atoms with Crippen LogP contribution in [-0.4, -0.2) is 48.1 Å². The number of carbonyl (C=O) groups is 1. The van der Waals surface area contributed by atoms with Gasteiger partial charge in [-0.05, 0) is 24.6 Å². The maximum Gasteiger partial charge on any atom is 0.237 e. The van der Waals surface area contributed by atoms with Gasteiger partial charge in [-0.3, -0.25) is 9.69 Å². The Balaban J connectivity index is 2.06. The second-order valence-electron chi connectivity index (χ2n) is 4.54. The van der Waals surface area contributed by atoms with Crippen LogP contribution in [0.2, 0.25) is 0 Å². The van der Waals surface area contributed by atoms with E-state index >= 15 is 0 Å². The van der Waals surface area contributed by atoms with E-state index in [0.29, 0.717) is 26.3 Å². The zero-order chi connectivity index (χ0) is 13.7. The largest absolute Gasteiger partial charge is 0.378 e. The number of ether oxygens (including phenoxy) is 1. The fourth-order valence-electron chi connectivity index (χ4n) is 2.17. The fraction of sp³-hybridized carbons (Fsp3) is 0.538. The summed E-state index contributed by atoms with van der Waals surface area (Å²) in [5.74, 6) is 0.518. The zero-order valence-corrected chi connectivity index (χ0v) is 11.1. The first-order chi connectivity index (χ1) is 9.20. The first-order valence-electron chi connectivity index (χ1n) is 6.50. The predicted octanol–water partition coefficient (Wildman–Crippen LogP) is 0.200. The van der Waals surface area contributed by atoms with Crippen molar-refractivity contribution >= 4 is 11.7 Å². The van der Waals surface area contributed by atoms with Gasteiger partial charge in [-0.25, -0.2) is 4.98 Å². The Morgan fingerprint density at radius 2 is 2.53 bits per heavy atom. The van der Waals surface area contributed by atoms with E-state index in [1.165, 1.54) is 0 Å². The lowest BCUT2D eigenvalue weighted by molar-refractivity contribution is -0.129. The van der Waals surface area contributed by atoms with Gasteiger partial charge in [0, 0.05) is 25.8 Å². The molecule has 1 atom stereocenters. The molecule has 104 valence electrons. The van der Waals surface area contributed by atoms with E-state index < -0.39 is 0 Å². The van der Waals surface area contributed by atoms with Crippen molar-refractivity contribution in [2.24, 2.45) is 5.73 Å². The van der Waals surface area contributed by atoms with E-state index in [9.17, 15) is 4.79 Å². The lowest BCUT2D eigenvalue weighted by atomic mass is 10.1. The molecule has 1 amide bonds. The normalized spacial score (nSPS) is 20.2. The SMILES string of the molecule is CCNc1cc(CN2CCOCC2C(N)=O)ccn1. The quantitative estimate of drug-likeness (QED) is 0.794. The highest BCUT2D eigenvalue weighted by molar-refractivity contribution is 5.80. The fourth-order valence-corrected chi connectivity index (χ4v) is 2.17. The molecule has 0 aromatic carbocycles. The summed E-state index contributed by atoms with van der Waals surface area (Å²) >= 11 is 0. The van der Waals surface area contributed by atoms with Gasteiger partial charge in [0.05, 0.1) is 13.2 Å². The third-order valence-corrected chi connectivity index (χ3v) is 3.14. The summed E-state index contributed by atoms with van der Waals surface area (Å²) in [4.78, 5) is 17.7. The second-order valence-corrected chi connectivity index (χ2v) is 4.54. The molecular weight excluding hydrogens is 244 g/mol. The number of hydrogen-bond donors (Lipinski definition) is 2. The molecule has 1 fully saturated rings. The van der Waals surface area contributed by atoms with Gasteiger partial charge in [0.15, 0.2) is 0 Å². The van der Waals surface area contributed by atoms with Gasteiger partial charge in [-0.1, -0.05) is 0 Å². The molecule has 6 nitrogen and oxygen atoms in total. The Morgan fingerprint density at radius 1 is 1.68 bits per heavy atom.